The van der Waals surface area contributed by atoms with E-state index in [0.29, 0.717) is 0 Å². The Morgan fingerprint density at radius 2 is 1.74 bits per heavy atom. The molecule has 0 saturated heterocycles. The lowest BCUT2D eigenvalue weighted by Crippen LogP contribution is -2.14. The monoisotopic (exact) mass is 401 g/mol. The Balaban J connectivity index is 2.22. The smallest absolute Gasteiger partial charge is 0.0406 e. The molecule has 0 amide bonds. The van der Waals surface area contributed by atoms with E-state index < -0.39 is 0 Å². The number of halogens is 3. The van der Waals surface area contributed by atoms with Crippen LogP contribution in [0.1, 0.15) is 22.7 Å². The van der Waals surface area contributed by atoms with E-state index in [-0.39, 0.29) is 6.04 Å². The molecule has 0 aliphatic carbocycles. The highest BCUT2D eigenvalue weighted by atomic mass is 79.9. The van der Waals surface area contributed by atoms with Crippen LogP contribution in [-0.2, 0) is 6.42 Å². The van der Waals surface area contributed by atoms with Crippen LogP contribution in [0.3, 0.4) is 0 Å². The van der Waals surface area contributed by atoms with Crippen molar-refractivity contribution in [2.24, 2.45) is 5.73 Å². The van der Waals surface area contributed by atoms with Crippen LogP contribution in [0.25, 0.3) is 0 Å². The van der Waals surface area contributed by atoms with Gasteiger partial charge in [0.15, 0.2) is 0 Å². The minimum atomic E-state index is -0.0487. The van der Waals surface area contributed by atoms with Gasteiger partial charge in [0.05, 0.1) is 0 Å². The molecule has 0 spiro atoms. The molecule has 4 heteroatoms. The Morgan fingerprint density at radius 3 is 2.37 bits per heavy atom. The lowest BCUT2D eigenvalue weighted by Gasteiger charge is -2.15. The lowest BCUT2D eigenvalue weighted by molar-refractivity contribution is 0.717. The Bertz CT molecular complexity index is 581. The number of benzene rings is 2. The van der Waals surface area contributed by atoms with Crippen molar-refractivity contribution in [1.82, 2.24) is 0 Å². The van der Waals surface area contributed by atoms with Crippen LogP contribution in [-0.4, -0.2) is 0 Å². The highest BCUT2D eigenvalue weighted by Crippen LogP contribution is 2.30. The second-order valence-corrected chi connectivity index (χ2v) is 6.71. The molecule has 0 aliphatic heterocycles. The van der Waals surface area contributed by atoms with Gasteiger partial charge in [-0.15, -0.1) is 0 Å². The molecule has 0 heterocycles. The van der Waals surface area contributed by atoms with Crippen molar-refractivity contribution >= 4 is 43.5 Å². The summed E-state index contributed by atoms with van der Waals surface area (Å²) >= 11 is 13.0. The van der Waals surface area contributed by atoms with Crippen LogP contribution in [0.5, 0.6) is 0 Å². The van der Waals surface area contributed by atoms with Gasteiger partial charge in [-0.1, -0.05) is 55.6 Å². The van der Waals surface area contributed by atoms with E-state index in [1.807, 2.05) is 24.3 Å². The van der Waals surface area contributed by atoms with Gasteiger partial charge in [0.1, 0.15) is 0 Å². The van der Waals surface area contributed by atoms with Crippen LogP contribution in [0.2, 0.25) is 5.02 Å². The number of rotatable bonds is 3. The van der Waals surface area contributed by atoms with E-state index in [4.69, 9.17) is 17.3 Å². The predicted octanol–water partition coefficient (Wildman–Crippen LogP) is 5.42. The normalized spacial score (nSPS) is 12.5. The van der Waals surface area contributed by atoms with Crippen LogP contribution < -0.4 is 5.73 Å². The van der Waals surface area contributed by atoms with Crippen LogP contribution >= 0.6 is 43.5 Å². The largest absolute Gasteiger partial charge is 0.324 e. The van der Waals surface area contributed by atoms with Crippen LogP contribution in [0, 0.1) is 6.92 Å². The van der Waals surface area contributed by atoms with E-state index in [1.54, 1.807) is 0 Å². The molecule has 0 bridgehead atoms. The zero-order chi connectivity index (χ0) is 14.0. The number of hydrogen-bond acceptors (Lipinski definition) is 1. The molecular formula is C15H14Br2ClN. The lowest BCUT2D eigenvalue weighted by atomic mass is 9.99. The Morgan fingerprint density at radius 1 is 1.11 bits per heavy atom. The topological polar surface area (TPSA) is 26.0 Å². The van der Waals surface area contributed by atoms with E-state index >= 15 is 0 Å². The first-order valence-corrected chi connectivity index (χ1v) is 7.89. The fourth-order valence-corrected chi connectivity index (χ4v) is 3.17. The summed E-state index contributed by atoms with van der Waals surface area (Å²) in [5.41, 5.74) is 9.78. The van der Waals surface area contributed by atoms with Gasteiger partial charge >= 0.3 is 0 Å². The van der Waals surface area contributed by atoms with Crippen molar-refractivity contribution in [1.29, 1.82) is 0 Å². The molecule has 2 aromatic rings. The van der Waals surface area contributed by atoms with Gasteiger partial charge in [-0.25, -0.2) is 0 Å². The zero-order valence-electron chi connectivity index (χ0n) is 10.5. The van der Waals surface area contributed by atoms with Crippen molar-refractivity contribution < 1.29 is 0 Å². The van der Waals surface area contributed by atoms with Gasteiger partial charge < -0.3 is 5.73 Å². The third-order valence-electron chi connectivity index (χ3n) is 3.05. The maximum Gasteiger partial charge on any atom is 0.0406 e. The first-order valence-electron chi connectivity index (χ1n) is 5.93. The van der Waals surface area contributed by atoms with E-state index in [1.165, 1.54) is 11.1 Å². The predicted molar refractivity (Wildman–Crippen MR) is 88.7 cm³/mol. The second kappa shape index (κ2) is 6.40. The Labute approximate surface area is 135 Å². The highest BCUT2D eigenvalue weighted by molar-refractivity contribution is 9.11. The van der Waals surface area contributed by atoms with Crippen LogP contribution in [0.15, 0.2) is 45.3 Å². The van der Waals surface area contributed by atoms with Gasteiger partial charge in [-0.3, -0.25) is 0 Å². The molecule has 0 aliphatic rings. The van der Waals surface area contributed by atoms with E-state index in [9.17, 15) is 0 Å². The summed E-state index contributed by atoms with van der Waals surface area (Å²) in [6.07, 6.45) is 0.783. The van der Waals surface area contributed by atoms with Gasteiger partial charge in [0, 0.05) is 20.0 Å². The van der Waals surface area contributed by atoms with Gasteiger partial charge in [-0.2, -0.15) is 0 Å². The quantitative estimate of drug-likeness (QED) is 0.728. The fourth-order valence-electron chi connectivity index (χ4n) is 1.93. The van der Waals surface area contributed by atoms with E-state index in [0.717, 1.165) is 26.0 Å². The maximum atomic E-state index is 6.30. The Hall–Kier alpha value is -0.350. The zero-order valence-corrected chi connectivity index (χ0v) is 14.4. The summed E-state index contributed by atoms with van der Waals surface area (Å²) in [6.45, 7) is 2.06. The first kappa shape index (κ1) is 15.0. The average Bonchev–Trinajstić information content (AvgIpc) is 2.36. The summed E-state index contributed by atoms with van der Waals surface area (Å²) in [5, 5.41) is 0.747. The molecule has 1 unspecified atom stereocenters. The molecule has 0 saturated carbocycles. The standard InChI is InChI=1S/C15H14Br2ClN/c1-9-6-14(17)12(8-13(9)16)15(19)7-10-2-4-11(18)5-3-10/h2-6,8,15H,7,19H2,1H3. The average molecular weight is 404 g/mol. The Kier molecular flexibility index (Phi) is 5.07. The molecule has 100 valence electrons. The maximum absolute atomic E-state index is 6.30. The minimum Gasteiger partial charge on any atom is -0.324 e. The molecule has 2 aromatic carbocycles. The summed E-state index contributed by atoms with van der Waals surface area (Å²) in [7, 11) is 0. The van der Waals surface area contributed by atoms with E-state index in [2.05, 4.69) is 50.9 Å². The third kappa shape index (κ3) is 3.82. The fraction of sp³-hybridized carbons (Fsp3) is 0.200. The van der Waals surface area contributed by atoms with Gasteiger partial charge in [0.2, 0.25) is 0 Å². The molecule has 1 nitrogen and oxygen atoms in total. The second-order valence-electron chi connectivity index (χ2n) is 4.56. The van der Waals surface area contributed by atoms with Crippen molar-refractivity contribution in [3.8, 4) is 0 Å². The third-order valence-corrected chi connectivity index (χ3v) is 4.84. The molecule has 2 N–H and O–H groups in total. The van der Waals surface area contributed by atoms with Gasteiger partial charge in [0.25, 0.3) is 0 Å². The van der Waals surface area contributed by atoms with Gasteiger partial charge in [-0.05, 0) is 54.3 Å². The van der Waals surface area contributed by atoms with Crippen LogP contribution in [0.4, 0.5) is 0 Å². The number of nitrogens with two attached hydrogens (primary N) is 1. The minimum absolute atomic E-state index is 0.0487. The number of hydrogen-bond donors (Lipinski definition) is 1. The number of aryl methyl sites for hydroxylation is 1. The summed E-state index contributed by atoms with van der Waals surface area (Å²) < 4.78 is 2.13. The molecular weight excluding hydrogens is 389 g/mol. The molecule has 0 radical (unpaired) electrons. The van der Waals surface area contributed by atoms with Crippen molar-refractivity contribution in [2.45, 2.75) is 19.4 Å². The molecule has 19 heavy (non-hydrogen) atoms. The van der Waals surface area contributed by atoms with Crippen molar-refractivity contribution in [2.75, 3.05) is 0 Å². The molecule has 0 aromatic heterocycles. The molecule has 2 rings (SSSR count). The SMILES string of the molecule is Cc1cc(Br)c(C(N)Cc2ccc(Cl)cc2)cc1Br. The molecule has 1 atom stereocenters. The van der Waals surface area contributed by atoms with Crippen molar-refractivity contribution in [3.63, 3.8) is 0 Å². The summed E-state index contributed by atoms with van der Waals surface area (Å²) in [4.78, 5) is 0. The first-order chi connectivity index (χ1) is 8.97. The summed E-state index contributed by atoms with van der Waals surface area (Å²) in [5.74, 6) is 0. The van der Waals surface area contributed by atoms with Crippen molar-refractivity contribution in [3.05, 3.63) is 67.1 Å². The summed E-state index contributed by atoms with van der Waals surface area (Å²) in [6, 6.07) is 11.9. The molecule has 0 fully saturated rings. The highest BCUT2D eigenvalue weighted by Gasteiger charge is 2.12.